The Hall–Kier alpha value is -1.32. The van der Waals surface area contributed by atoms with Gasteiger partial charge in [0.2, 0.25) is 5.91 Å². The fourth-order valence-corrected chi connectivity index (χ4v) is 3.84. The van der Waals surface area contributed by atoms with Crippen LogP contribution in [0.15, 0.2) is 6.20 Å². The number of fused-ring (bicyclic) bond motifs is 1. The van der Waals surface area contributed by atoms with Gasteiger partial charge in [0, 0.05) is 24.3 Å². The molecule has 4 rings (SSSR count). The Morgan fingerprint density at radius 1 is 1.21 bits per heavy atom. The monoisotopic (exact) mass is 259 g/mol. The molecule has 0 spiro atoms. The van der Waals surface area contributed by atoms with Crippen molar-refractivity contribution in [2.75, 3.05) is 13.1 Å². The highest BCUT2D eigenvalue weighted by Crippen LogP contribution is 2.40. The summed E-state index contributed by atoms with van der Waals surface area (Å²) in [5, 5.41) is 7.15. The van der Waals surface area contributed by atoms with Crippen molar-refractivity contribution in [1.82, 2.24) is 15.1 Å². The first kappa shape index (κ1) is 11.5. The maximum absolute atomic E-state index is 12.6. The summed E-state index contributed by atoms with van der Waals surface area (Å²) >= 11 is 0. The summed E-state index contributed by atoms with van der Waals surface area (Å²) in [7, 11) is 0. The largest absolute Gasteiger partial charge is 0.341 e. The van der Waals surface area contributed by atoms with E-state index in [1.807, 2.05) is 6.20 Å². The smallest absolute Gasteiger partial charge is 0.230 e. The second-order valence-corrected chi connectivity index (χ2v) is 6.44. The molecule has 0 bridgehead atoms. The highest BCUT2D eigenvalue weighted by atomic mass is 16.2. The number of rotatable bonds is 2. The van der Waals surface area contributed by atoms with E-state index in [1.165, 1.54) is 25.0 Å². The third-order valence-electron chi connectivity index (χ3n) is 5.38. The van der Waals surface area contributed by atoms with Gasteiger partial charge in [-0.25, -0.2) is 0 Å². The average Bonchev–Trinajstić information content (AvgIpc) is 2.77. The Morgan fingerprint density at radius 3 is 2.79 bits per heavy atom. The van der Waals surface area contributed by atoms with Crippen molar-refractivity contribution in [3.63, 3.8) is 0 Å². The predicted molar refractivity (Wildman–Crippen MR) is 71.7 cm³/mol. The second kappa shape index (κ2) is 4.36. The van der Waals surface area contributed by atoms with E-state index in [2.05, 4.69) is 15.1 Å². The van der Waals surface area contributed by atoms with Crippen molar-refractivity contribution in [3.05, 3.63) is 17.5 Å². The van der Waals surface area contributed by atoms with E-state index in [1.54, 1.807) is 0 Å². The summed E-state index contributed by atoms with van der Waals surface area (Å²) < 4.78 is 0. The van der Waals surface area contributed by atoms with Crippen LogP contribution in [-0.4, -0.2) is 34.1 Å². The van der Waals surface area contributed by atoms with Crippen molar-refractivity contribution < 1.29 is 4.79 Å². The molecule has 2 heterocycles. The van der Waals surface area contributed by atoms with Gasteiger partial charge in [-0.05, 0) is 31.1 Å². The zero-order valence-corrected chi connectivity index (χ0v) is 11.3. The molecule has 1 unspecified atom stereocenters. The lowest BCUT2D eigenvalue weighted by Crippen LogP contribution is -2.55. The molecule has 1 saturated carbocycles. The van der Waals surface area contributed by atoms with Gasteiger partial charge in [0.05, 0.1) is 12.1 Å². The van der Waals surface area contributed by atoms with E-state index in [0.29, 0.717) is 5.91 Å². The first-order valence-corrected chi connectivity index (χ1v) is 7.64. The van der Waals surface area contributed by atoms with Gasteiger partial charge in [0.15, 0.2) is 0 Å². The number of carbonyl (C=O) groups is 1. The van der Waals surface area contributed by atoms with E-state index in [-0.39, 0.29) is 5.92 Å². The number of hydrogen-bond donors (Lipinski definition) is 1. The van der Waals surface area contributed by atoms with Gasteiger partial charge in [-0.15, -0.1) is 0 Å². The number of H-pyrrole nitrogens is 1. The normalized spacial score (nSPS) is 27.6. The van der Waals surface area contributed by atoms with Gasteiger partial charge in [0.25, 0.3) is 0 Å². The number of aromatic nitrogens is 2. The summed E-state index contributed by atoms with van der Waals surface area (Å²) in [5.74, 6) is 2.13. The fourth-order valence-electron chi connectivity index (χ4n) is 3.84. The summed E-state index contributed by atoms with van der Waals surface area (Å²) in [6, 6.07) is 0. The maximum Gasteiger partial charge on any atom is 0.230 e. The van der Waals surface area contributed by atoms with Crippen LogP contribution in [0.3, 0.4) is 0 Å². The van der Waals surface area contributed by atoms with E-state index >= 15 is 0 Å². The number of carbonyl (C=O) groups excluding carboxylic acids is 1. The van der Waals surface area contributed by atoms with Gasteiger partial charge < -0.3 is 4.90 Å². The molecular formula is C15H21N3O. The molecule has 0 aromatic carbocycles. The minimum Gasteiger partial charge on any atom is -0.341 e. The van der Waals surface area contributed by atoms with Crippen LogP contribution < -0.4 is 0 Å². The molecule has 2 fully saturated rings. The zero-order valence-electron chi connectivity index (χ0n) is 11.3. The van der Waals surface area contributed by atoms with Gasteiger partial charge in [-0.1, -0.05) is 19.3 Å². The molecule has 2 aliphatic carbocycles. The third kappa shape index (κ3) is 1.80. The topological polar surface area (TPSA) is 49.0 Å². The van der Waals surface area contributed by atoms with Crippen molar-refractivity contribution in [3.8, 4) is 0 Å². The van der Waals surface area contributed by atoms with Gasteiger partial charge in [-0.2, -0.15) is 5.10 Å². The van der Waals surface area contributed by atoms with Crippen LogP contribution in [0.25, 0.3) is 0 Å². The Balaban J connectivity index is 1.42. The minimum absolute atomic E-state index is 0.0739. The van der Waals surface area contributed by atoms with Crippen molar-refractivity contribution in [2.45, 2.75) is 44.4 Å². The molecule has 19 heavy (non-hydrogen) atoms. The highest BCUT2D eigenvalue weighted by molar-refractivity contribution is 5.84. The SMILES string of the molecule is O=C(C1CCCc2[nH]ncc21)N1CC(C2CCC2)C1. The quantitative estimate of drug-likeness (QED) is 0.884. The van der Waals surface area contributed by atoms with Gasteiger partial charge in [0.1, 0.15) is 0 Å². The molecule has 1 N–H and O–H groups in total. The summed E-state index contributed by atoms with van der Waals surface area (Å²) in [5.41, 5.74) is 2.34. The molecule has 1 aromatic rings. The number of likely N-dealkylation sites (tertiary alicyclic amines) is 1. The number of amides is 1. The maximum atomic E-state index is 12.6. The fraction of sp³-hybridized carbons (Fsp3) is 0.733. The number of aromatic amines is 1. The molecule has 4 heteroatoms. The standard InChI is InChI=1S/C15H21N3O/c19-15(18-8-11(9-18)10-3-1-4-10)12-5-2-6-14-13(12)7-16-17-14/h7,10-12H,1-6,8-9H2,(H,16,17). The molecule has 3 aliphatic rings. The second-order valence-electron chi connectivity index (χ2n) is 6.44. The Kier molecular flexibility index (Phi) is 2.64. The first-order chi connectivity index (χ1) is 9.33. The van der Waals surface area contributed by atoms with E-state index < -0.39 is 0 Å². The van der Waals surface area contributed by atoms with Crippen molar-refractivity contribution >= 4 is 5.91 Å². The molecule has 1 aliphatic heterocycles. The number of nitrogens with one attached hydrogen (secondary N) is 1. The molecule has 1 saturated heterocycles. The van der Waals surface area contributed by atoms with Crippen molar-refractivity contribution in [1.29, 1.82) is 0 Å². The third-order valence-corrected chi connectivity index (χ3v) is 5.38. The highest BCUT2D eigenvalue weighted by Gasteiger charge is 2.41. The molecule has 4 nitrogen and oxygen atoms in total. The minimum atomic E-state index is 0.0739. The average molecular weight is 259 g/mol. The molecular weight excluding hydrogens is 238 g/mol. The lowest BCUT2D eigenvalue weighted by molar-refractivity contribution is -0.142. The van der Waals surface area contributed by atoms with Gasteiger partial charge >= 0.3 is 0 Å². The molecule has 1 aromatic heterocycles. The van der Waals surface area contributed by atoms with Crippen molar-refractivity contribution in [2.24, 2.45) is 11.8 Å². The Morgan fingerprint density at radius 2 is 2.05 bits per heavy atom. The van der Waals surface area contributed by atoms with Gasteiger partial charge in [-0.3, -0.25) is 9.89 Å². The van der Waals surface area contributed by atoms with Crippen LogP contribution in [0, 0.1) is 11.8 Å². The van der Waals surface area contributed by atoms with Crippen LogP contribution >= 0.6 is 0 Å². The van der Waals surface area contributed by atoms with Crippen LogP contribution in [-0.2, 0) is 11.2 Å². The zero-order chi connectivity index (χ0) is 12.8. The summed E-state index contributed by atoms with van der Waals surface area (Å²) in [6.07, 6.45) is 9.19. The molecule has 1 amide bonds. The Bertz CT molecular complexity index is 485. The molecule has 1 atom stereocenters. The van der Waals surface area contributed by atoms with Crippen LogP contribution in [0.5, 0.6) is 0 Å². The predicted octanol–water partition coefficient (Wildman–Crippen LogP) is 2.09. The van der Waals surface area contributed by atoms with Crippen LogP contribution in [0.2, 0.25) is 0 Å². The van der Waals surface area contributed by atoms with Crippen LogP contribution in [0.4, 0.5) is 0 Å². The molecule has 0 radical (unpaired) electrons. The lowest BCUT2D eigenvalue weighted by Gasteiger charge is -2.47. The Labute approximate surface area is 113 Å². The van der Waals surface area contributed by atoms with Crippen LogP contribution in [0.1, 0.15) is 49.3 Å². The first-order valence-electron chi connectivity index (χ1n) is 7.64. The molecule has 102 valence electrons. The van der Waals surface area contributed by atoms with E-state index in [0.717, 1.165) is 49.8 Å². The lowest BCUT2D eigenvalue weighted by atomic mass is 9.72. The van der Waals surface area contributed by atoms with E-state index in [4.69, 9.17) is 0 Å². The summed E-state index contributed by atoms with van der Waals surface area (Å²) in [4.78, 5) is 14.7. The van der Waals surface area contributed by atoms with E-state index in [9.17, 15) is 4.79 Å². The number of nitrogens with zero attached hydrogens (tertiary/aromatic N) is 2. The number of hydrogen-bond acceptors (Lipinski definition) is 2. The number of aryl methyl sites for hydroxylation is 1. The summed E-state index contributed by atoms with van der Waals surface area (Å²) in [6.45, 7) is 2.01.